The SMILES string of the molecule is C=C/C(C=O)=C\C(OC)=C(/CN=C)N(C/C=C/Cn1c(NC)nc2cc(C=O)cc(OC/C=C/COc3cccc(N)c3)c21)CNC(=O)c1cc(C)nn1CC.CCn1nc(C)cc1C=O.CN.CN. The molecule has 70 heavy (non-hydrogen) atoms. The van der Waals surface area contributed by atoms with E-state index in [1.54, 1.807) is 58.9 Å². The second kappa shape index (κ2) is 31.8. The first kappa shape index (κ1) is 58.0. The lowest BCUT2D eigenvalue weighted by Crippen LogP contribution is -2.39. The smallest absolute Gasteiger partial charge is 0.270 e. The number of nitrogens with one attached hydrogen (secondary N) is 2. The molecule has 0 aliphatic carbocycles. The average Bonchev–Trinajstić information content (AvgIpc) is 4.08. The van der Waals surface area contributed by atoms with Gasteiger partial charge in [-0.2, -0.15) is 10.2 Å². The summed E-state index contributed by atoms with van der Waals surface area (Å²) in [6, 6.07) is 14.1. The van der Waals surface area contributed by atoms with Crippen molar-refractivity contribution in [1.29, 1.82) is 0 Å². The first-order chi connectivity index (χ1) is 34.0. The lowest BCUT2D eigenvalue weighted by molar-refractivity contribution is -0.104. The van der Waals surface area contributed by atoms with E-state index in [0.717, 1.165) is 30.5 Å². The Labute approximate surface area is 410 Å². The Kier molecular flexibility index (Phi) is 26.4. The van der Waals surface area contributed by atoms with Crippen LogP contribution in [-0.4, -0.2) is 127 Å². The van der Waals surface area contributed by atoms with Crippen molar-refractivity contribution >= 4 is 54.2 Å². The fourth-order valence-electron chi connectivity index (χ4n) is 6.60. The molecule has 20 nitrogen and oxygen atoms in total. The van der Waals surface area contributed by atoms with Crippen molar-refractivity contribution in [1.82, 2.24) is 39.3 Å². The van der Waals surface area contributed by atoms with Gasteiger partial charge in [-0.1, -0.05) is 30.9 Å². The predicted molar refractivity (Wildman–Crippen MR) is 278 cm³/mol. The minimum Gasteiger partial charge on any atom is -0.495 e. The van der Waals surface area contributed by atoms with Gasteiger partial charge in [0.2, 0.25) is 5.95 Å². The predicted octanol–water partition coefficient (Wildman–Crippen LogP) is 5.30. The fourth-order valence-corrected chi connectivity index (χ4v) is 6.60. The van der Waals surface area contributed by atoms with Gasteiger partial charge in [0.15, 0.2) is 6.29 Å². The number of allylic oxidation sites excluding steroid dienone is 4. The number of imidazole rings is 1. The first-order valence-electron chi connectivity index (χ1n) is 22.3. The van der Waals surface area contributed by atoms with Gasteiger partial charge in [-0.05, 0) is 103 Å². The van der Waals surface area contributed by atoms with Crippen LogP contribution < -0.4 is 37.3 Å². The van der Waals surface area contributed by atoms with Crippen molar-refractivity contribution in [3.05, 3.63) is 137 Å². The van der Waals surface area contributed by atoms with Gasteiger partial charge >= 0.3 is 0 Å². The van der Waals surface area contributed by atoms with Crippen molar-refractivity contribution < 1.29 is 33.4 Å². The van der Waals surface area contributed by atoms with Gasteiger partial charge in [-0.3, -0.25) is 33.5 Å². The summed E-state index contributed by atoms with van der Waals surface area (Å²) in [7, 11) is 6.25. The standard InChI is InChI=1S/C41H49N9O6.C7H10N2O.2CH5N/c1-7-30(26-51)22-37(54-6)36(25-43-4)48(28-45-40(53)35-20-29(3)47-50(35)8-2)16-9-10-17-49-39-34(46-41(49)44-5)21-31(27-52)23-38(39)56-19-12-11-18-55-33-15-13-14-32(42)24-33;1-3-9-7(5-10)4-6(2)8-9;2*1-2/h7,9-15,20-24,26-27H,1,4,8,16-19,25,28,42H2,2-3,5-6H3,(H,44,46)(H,45,53);4-5H,3H2,1-2H3;2*2H2,1H3/b10-9+,12-11+,30-22+,37-36-;;;. The zero-order valence-electron chi connectivity index (χ0n) is 41.6. The molecule has 376 valence electrons. The number of amides is 1. The molecular weight excluding hydrogens is 895 g/mol. The quantitative estimate of drug-likeness (QED) is 0.00726. The van der Waals surface area contributed by atoms with Gasteiger partial charge < -0.3 is 51.5 Å². The highest BCUT2D eigenvalue weighted by atomic mass is 16.5. The van der Waals surface area contributed by atoms with Crippen LogP contribution in [0.3, 0.4) is 0 Å². The number of aryl methyl sites for hydroxylation is 4. The molecule has 0 aliphatic rings. The summed E-state index contributed by atoms with van der Waals surface area (Å²) in [5.74, 6) is 1.75. The van der Waals surface area contributed by atoms with E-state index >= 15 is 0 Å². The Morgan fingerprint density at radius 2 is 1.59 bits per heavy atom. The number of anilines is 2. The second-order valence-electron chi connectivity index (χ2n) is 14.3. The van der Waals surface area contributed by atoms with Gasteiger partial charge in [0, 0.05) is 56.1 Å². The van der Waals surface area contributed by atoms with Crippen LogP contribution in [0.2, 0.25) is 0 Å². The third-order valence-electron chi connectivity index (χ3n) is 9.71. The zero-order chi connectivity index (χ0) is 52.0. The van der Waals surface area contributed by atoms with E-state index in [1.165, 1.54) is 27.3 Å². The molecule has 5 aromatic rings. The molecule has 5 rings (SSSR count). The van der Waals surface area contributed by atoms with E-state index in [9.17, 15) is 19.2 Å². The number of aliphatic imine (C=N–C) groups is 1. The summed E-state index contributed by atoms with van der Waals surface area (Å²) in [6.45, 7) is 17.6. The van der Waals surface area contributed by atoms with Crippen LogP contribution in [0.1, 0.15) is 56.6 Å². The number of ether oxygens (including phenoxy) is 3. The molecule has 8 N–H and O–H groups in total. The highest BCUT2D eigenvalue weighted by molar-refractivity contribution is 5.93. The Bertz CT molecular complexity index is 2590. The van der Waals surface area contributed by atoms with E-state index in [0.29, 0.717) is 101 Å². The highest BCUT2D eigenvalue weighted by Gasteiger charge is 2.19. The number of fused-ring (bicyclic) bond motifs is 1. The van der Waals surface area contributed by atoms with Crippen molar-refractivity contribution in [3.8, 4) is 11.5 Å². The Balaban J connectivity index is 0.00000104. The number of hydrogen-bond donors (Lipinski definition) is 5. The number of aromatic nitrogens is 6. The van der Waals surface area contributed by atoms with Crippen LogP contribution in [-0.2, 0) is 29.2 Å². The van der Waals surface area contributed by atoms with Gasteiger partial charge in [-0.15, -0.1) is 0 Å². The van der Waals surface area contributed by atoms with Crippen LogP contribution >= 0.6 is 0 Å². The van der Waals surface area contributed by atoms with E-state index in [-0.39, 0.29) is 25.7 Å². The number of nitrogens with two attached hydrogens (primary N) is 3. The van der Waals surface area contributed by atoms with Gasteiger partial charge in [0.25, 0.3) is 5.91 Å². The highest BCUT2D eigenvalue weighted by Crippen LogP contribution is 2.31. The molecule has 0 saturated carbocycles. The summed E-state index contributed by atoms with van der Waals surface area (Å²) in [4.78, 5) is 57.9. The normalized spacial score (nSPS) is 11.2. The maximum absolute atomic E-state index is 13.4. The molecule has 20 heteroatoms. The van der Waals surface area contributed by atoms with Crippen LogP contribution in [0.4, 0.5) is 11.6 Å². The maximum Gasteiger partial charge on any atom is 0.270 e. The summed E-state index contributed by atoms with van der Waals surface area (Å²) in [6.07, 6.45) is 12.8. The van der Waals surface area contributed by atoms with Crippen molar-refractivity contribution in [2.75, 3.05) is 72.3 Å². The number of hydrogen-bond acceptors (Lipinski definition) is 16. The minimum atomic E-state index is -0.309. The van der Waals surface area contributed by atoms with Crippen molar-refractivity contribution in [2.45, 2.75) is 47.3 Å². The molecule has 3 heterocycles. The van der Waals surface area contributed by atoms with Crippen LogP contribution in [0.25, 0.3) is 11.0 Å². The molecule has 3 aromatic heterocycles. The van der Waals surface area contributed by atoms with Gasteiger partial charge in [0.05, 0.1) is 42.9 Å². The molecule has 0 spiro atoms. The molecule has 0 aliphatic heterocycles. The maximum atomic E-state index is 13.4. The second-order valence-corrected chi connectivity index (χ2v) is 14.3. The largest absolute Gasteiger partial charge is 0.495 e. The molecule has 1 amide bonds. The molecule has 0 radical (unpaired) electrons. The molecule has 0 saturated heterocycles. The summed E-state index contributed by atoms with van der Waals surface area (Å²) in [5, 5.41) is 14.6. The Morgan fingerprint density at radius 1 is 0.900 bits per heavy atom. The van der Waals surface area contributed by atoms with Crippen molar-refractivity contribution in [3.63, 3.8) is 0 Å². The van der Waals surface area contributed by atoms with Crippen molar-refractivity contribution in [2.24, 2.45) is 16.5 Å². The minimum absolute atomic E-state index is 0.0629. The zero-order valence-corrected chi connectivity index (χ0v) is 41.6. The topological polar surface area (TPSA) is 267 Å². The lowest BCUT2D eigenvalue weighted by atomic mass is 10.2. The van der Waals surface area contributed by atoms with Gasteiger partial charge in [0.1, 0.15) is 59.9 Å². The third kappa shape index (κ3) is 17.2. The number of nitrogen functional groups attached to an aromatic ring is 1. The summed E-state index contributed by atoms with van der Waals surface area (Å²) in [5.41, 5.74) is 20.7. The Hall–Kier alpha value is -8.10. The fraction of sp³-hybridized carbons (Fsp3) is 0.320. The number of nitrogens with zero attached hydrogens (tertiary/aromatic N) is 8. The first-order valence-corrected chi connectivity index (χ1v) is 22.3. The molecule has 0 bridgehead atoms. The van der Waals surface area contributed by atoms with E-state index in [2.05, 4.69) is 50.6 Å². The number of methoxy groups -OCH3 is 1. The van der Waals surface area contributed by atoms with E-state index < -0.39 is 0 Å². The summed E-state index contributed by atoms with van der Waals surface area (Å²) >= 11 is 0. The number of carbonyl (C=O) groups excluding carboxylic acids is 4. The van der Waals surface area contributed by atoms with Gasteiger partial charge in [-0.25, -0.2) is 4.98 Å². The van der Waals surface area contributed by atoms with E-state index in [1.807, 2.05) is 73.6 Å². The number of aldehydes is 3. The Morgan fingerprint density at radius 3 is 2.17 bits per heavy atom. The molecule has 0 atom stereocenters. The van der Waals surface area contributed by atoms with Crippen LogP contribution in [0.5, 0.6) is 11.5 Å². The molecule has 0 unspecified atom stereocenters. The van der Waals surface area contributed by atoms with Crippen LogP contribution in [0, 0.1) is 13.8 Å². The number of carbonyl (C=O) groups is 4. The molecular formula is C50H69N13O7. The third-order valence-corrected chi connectivity index (χ3v) is 9.71. The average molecular weight is 964 g/mol. The molecule has 2 aromatic carbocycles. The summed E-state index contributed by atoms with van der Waals surface area (Å²) < 4.78 is 22.9. The number of rotatable bonds is 25. The lowest BCUT2D eigenvalue weighted by Gasteiger charge is -2.27. The van der Waals surface area contributed by atoms with Crippen LogP contribution in [0.15, 0.2) is 114 Å². The van der Waals surface area contributed by atoms with E-state index in [4.69, 9.17) is 24.9 Å². The monoisotopic (exact) mass is 964 g/mol. The molecule has 0 fully saturated rings. The number of benzene rings is 2.